The van der Waals surface area contributed by atoms with Crippen LogP contribution in [0.4, 0.5) is 0 Å². The van der Waals surface area contributed by atoms with Gasteiger partial charge in [-0.25, -0.2) is 0 Å². The van der Waals surface area contributed by atoms with Crippen LogP contribution in [-0.4, -0.2) is 5.84 Å². The lowest BCUT2D eigenvalue weighted by atomic mass is 10.1. The maximum Gasteiger partial charge on any atom is 0.123 e. The Morgan fingerprint density at radius 1 is 1.22 bits per heavy atom. The van der Waals surface area contributed by atoms with E-state index >= 15 is 0 Å². The number of nitrogen functional groups attached to an aromatic ring is 1. The molecule has 0 fully saturated rings. The number of hydrogen-bond donors (Lipinski definition) is 2. The smallest absolute Gasteiger partial charge is 0.123 e. The summed E-state index contributed by atoms with van der Waals surface area (Å²) in [4.78, 5) is 2.13. The van der Waals surface area contributed by atoms with Crippen molar-refractivity contribution >= 4 is 33.5 Å². The third-order valence-electron chi connectivity index (χ3n) is 2.45. The molecule has 2 aromatic carbocycles. The molecule has 0 saturated carbocycles. The van der Waals surface area contributed by atoms with Crippen molar-refractivity contribution in [2.45, 2.75) is 16.7 Å². The van der Waals surface area contributed by atoms with Crippen LogP contribution < -0.4 is 5.73 Å². The van der Waals surface area contributed by atoms with Crippen molar-refractivity contribution in [3.05, 3.63) is 58.1 Å². The predicted molar refractivity (Wildman–Crippen MR) is 80.5 cm³/mol. The van der Waals surface area contributed by atoms with Crippen LogP contribution in [0, 0.1) is 12.3 Å². The predicted octanol–water partition coefficient (Wildman–Crippen LogP) is 4.19. The average molecular weight is 321 g/mol. The van der Waals surface area contributed by atoms with Gasteiger partial charge in [-0.15, -0.1) is 0 Å². The second-order valence-corrected chi connectivity index (χ2v) is 6.00. The normalized spacial score (nSPS) is 10.3. The first-order chi connectivity index (χ1) is 8.56. The molecule has 0 amide bonds. The molecule has 0 unspecified atom stereocenters. The molecule has 2 aromatic rings. The number of hydrogen-bond acceptors (Lipinski definition) is 2. The maximum atomic E-state index is 7.64. The molecule has 0 aliphatic rings. The zero-order valence-corrected chi connectivity index (χ0v) is 12.3. The van der Waals surface area contributed by atoms with Gasteiger partial charge in [-0.2, -0.15) is 0 Å². The van der Waals surface area contributed by atoms with Crippen LogP contribution >= 0.6 is 27.7 Å². The average Bonchev–Trinajstić information content (AvgIpc) is 2.31. The van der Waals surface area contributed by atoms with Gasteiger partial charge in [0, 0.05) is 19.8 Å². The fraction of sp³-hybridized carbons (Fsp3) is 0.0714. The molecule has 0 heterocycles. The Balaban J connectivity index is 2.37. The summed E-state index contributed by atoms with van der Waals surface area (Å²) >= 11 is 5.07. The quantitative estimate of drug-likeness (QED) is 0.658. The molecule has 0 radical (unpaired) electrons. The summed E-state index contributed by atoms with van der Waals surface area (Å²) in [5.41, 5.74) is 7.53. The van der Waals surface area contributed by atoms with E-state index < -0.39 is 0 Å². The van der Waals surface area contributed by atoms with Crippen molar-refractivity contribution < 1.29 is 0 Å². The Morgan fingerprint density at radius 3 is 2.67 bits per heavy atom. The molecular weight excluding hydrogens is 308 g/mol. The minimum atomic E-state index is 0.108. The topological polar surface area (TPSA) is 49.9 Å². The van der Waals surface area contributed by atoms with E-state index in [0.29, 0.717) is 0 Å². The molecule has 0 spiro atoms. The zero-order valence-electron chi connectivity index (χ0n) is 9.91. The number of aryl methyl sites for hydroxylation is 1. The fourth-order valence-electron chi connectivity index (χ4n) is 1.60. The van der Waals surface area contributed by atoms with E-state index in [-0.39, 0.29) is 5.84 Å². The highest BCUT2D eigenvalue weighted by Crippen LogP contribution is 2.32. The highest BCUT2D eigenvalue weighted by molar-refractivity contribution is 9.10. The van der Waals surface area contributed by atoms with Crippen LogP contribution in [0.1, 0.15) is 11.1 Å². The summed E-state index contributed by atoms with van der Waals surface area (Å²) in [5, 5.41) is 7.64. The number of amidine groups is 1. The van der Waals surface area contributed by atoms with Crippen molar-refractivity contribution in [3.8, 4) is 0 Å². The summed E-state index contributed by atoms with van der Waals surface area (Å²) < 4.78 is 1.05. The Morgan fingerprint density at radius 2 is 2.00 bits per heavy atom. The summed E-state index contributed by atoms with van der Waals surface area (Å²) in [6.45, 7) is 2.00. The molecule has 4 heteroatoms. The van der Waals surface area contributed by atoms with Gasteiger partial charge in [-0.05, 0) is 37.3 Å². The van der Waals surface area contributed by atoms with Gasteiger partial charge in [0.25, 0.3) is 0 Å². The zero-order chi connectivity index (χ0) is 13.1. The molecule has 18 heavy (non-hydrogen) atoms. The van der Waals surface area contributed by atoms with Crippen molar-refractivity contribution in [1.29, 1.82) is 5.41 Å². The van der Waals surface area contributed by atoms with Gasteiger partial charge < -0.3 is 5.73 Å². The van der Waals surface area contributed by atoms with E-state index in [1.54, 1.807) is 11.8 Å². The lowest BCUT2D eigenvalue weighted by molar-refractivity contribution is 1.30. The molecular formula is C14H13BrN2S. The second-order valence-electron chi connectivity index (χ2n) is 3.97. The van der Waals surface area contributed by atoms with Crippen LogP contribution in [0.5, 0.6) is 0 Å². The molecule has 0 saturated heterocycles. The molecule has 0 aliphatic heterocycles. The second kappa shape index (κ2) is 5.59. The SMILES string of the molecule is Cc1ccc(Sc2cccc(Br)c2)c(C(=N)N)c1. The standard InChI is InChI=1S/C14H13BrN2S/c1-9-5-6-13(12(7-9)14(16)17)18-11-4-2-3-10(15)8-11/h2-8H,1H3,(H3,16,17). The number of rotatable bonds is 3. The van der Waals surface area contributed by atoms with E-state index in [9.17, 15) is 0 Å². The Labute approximate surface area is 119 Å². The molecule has 2 nitrogen and oxygen atoms in total. The molecule has 0 aliphatic carbocycles. The van der Waals surface area contributed by atoms with Crippen LogP contribution in [0.3, 0.4) is 0 Å². The van der Waals surface area contributed by atoms with Crippen molar-refractivity contribution in [3.63, 3.8) is 0 Å². The Hall–Kier alpha value is -1.26. The minimum Gasteiger partial charge on any atom is -0.384 e. The van der Waals surface area contributed by atoms with Crippen LogP contribution in [0.2, 0.25) is 0 Å². The molecule has 92 valence electrons. The monoisotopic (exact) mass is 320 g/mol. The molecule has 0 aromatic heterocycles. The van der Waals surface area contributed by atoms with Gasteiger partial charge in [0.2, 0.25) is 0 Å². The fourth-order valence-corrected chi connectivity index (χ4v) is 3.15. The van der Waals surface area contributed by atoms with Crippen LogP contribution in [0.15, 0.2) is 56.7 Å². The summed E-state index contributed by atoms with van der Waals surface area (Å²) in [5.74, 6) is 0.108. The van der Waals surface area contributed by atoms with Gasteiger partial charge in [0.1, 0.15) is 5.84 Å². The van der Waals surface area contributed by atoms with Gasteiger partial charge in [0.05, 0.1) is 0 Å². The number of nitrogens with two attached hydrogens (primary N) is 1. The lowest BCUT2D eigenvalue weighted by Gasteiger charge is -2.09. The highest BCUT2D eigenvalue weighted by Gasteiger charge is 2.07. The molecule has 0 atom stereocenters. The van der Waals surface area contributed by atoms with E-state index in [2.05, 4.69) is 22.0 Å². The number of halogens is 1. The number of nitrogens with one attached hydrogen (secondary N) is 1. The van der Waals surface area contributed by atoms with E-state index in [1.807, 2.05) is 43.3 Å². The molecule has 0 bridgehead atoms. The summed E-state index contributed by atoms with van der Waals surface area (Å²) in [7, 11) is 0. The first-order valence-corrected chi connectivity index (χ1v) is 7.05. The van der Waals surface area contributed by atoms with Gasteiger partial charge in [0.15, 0.2) is 0 Å². The van der Waals surface area contributed by atoms with Gasteiger partial charge in [-0.3, -0.25) is 5.41 Å². The maximum absolute atomic E-state index is 7.64. The van der Waals surface area contributed by atoms with Crippen molar-refractivity contribution in [1.82, 2.24) is 0 Å². The third-order valence-corrected chi connectivity index (χ3v) is 4.01. The van der Waals surface area contributed by atoms with Crippen molar-refractivity contribution in [2.24, 2.45) is 5.73 Å². The van der Waals surface area contributed by atoms with E-state index in [0.717, 1.165) is 25.4 Å². The highest BCUT2D eigenvalue weighted by atomic mass is 79.9. The largest absolute Gasteiger partial charge is 0.384 e. The summed E-state index contributed by atoms with van der Waals surface area (Å²) in [6, 6.07) is 14.1. The van der Waals surface area contributed by atoms with Crippen LogP contribution in [-0.2, 0) is 0 Å². The van der Waals surface area contributed by atoms with Gasteiger partial charge in [-0.1, -0.05) is 45.4 Å². The Kier molecular flexibility index (Phi) is 4.09. The minimum absolute atomic E-state index is 0.108. The third kappa shape index (κ3) is 3.15. The first-order valence-electron chi connectivity index (χ1n) is 5.45. The van der Waals surface area contributed by atoms with E-state index in [4.69, 9.17) is 11.1 Å². The van der Waals surface area contributed by atoms with Crippen molar-refractivity contribution in [2.75, 3.05) is 0 Å². The lowest BCUT2D eigenvalue weighted by Crippen LogP contribution is -2.12. The van der Waals surface area contributed by atoms with Gasteiger partial charge >= 0.3 is 0 Å². The Bertz CT molecular complexity index is 596. The molecule has 3 N–H and O–H groups in total. The van der Waals surface area contributed by atoms with Crippen LogP contribution in [0.25, 0.3) is 0 Å². The summed E-state index contributed by atoms with van der Waals surface area (Å²) in [6.07, 6.45) is 0. The van der Waals surface area contributed by atoms with E-state index in [1.165, 1.54) is 0 Å². The first kappa shape index (κ1) is 13.2. The number of benzene rings is 2. The molecule has 2 rings (SSSR count).